The highest BCUT2D eigenvalue weighted by molar-refractivity contribution is 4.96. The third-order valence-electron chi connectivity index (χ3n) is 5.40. The number of allylic oxidation sites excluding steroid dienone is 5. The van der Waals surface area contributed by atoms with Gasteiger partial charge in [-0.1, -0.05) is 134 Å². The van der Waals surface area contributed by atoms with Crippen molar-refractivity contribution in [1.29, 1.82) is 0 Å². The zero-order chi connectivity index (χ0) is 19.7. The Kier molecular flexibility index (Phi) is 24.5. The van der Waals surface area contributed by atoms with Crippen LogP contribution in [0, 0.1) is 0 Å². The Bertz CT molecular complexity index is 323. The van der Waals surface area contributed by atoms with E-state index >= 15 is 0 Å². The van der Waals surface area contributed by atoms with Crippen molar-refractivity contribution in [2.75, 3.05) is 0 Å². The third-order valence-corrected chi connectivity index (χ3v) is 5.40. The van der Waals surface area contributed by atoms with Gasteiger partial charge in [-0.2, -0.15) is 0 Å². The van der Waals surface area contributed by atoms with E-state index in [2.05, 4.69) is 37.8 Å². The van der Waals surface area contributed by atoms with Crippen LogP contribution in [-0.2, 0) is 0 Å². The standard InChI is InChI=1S/C27H50/c1-3-5-7-9-11-13-15-17-19-21-23-25-27-26-24-22-20-18-16-14-12-10-8-6-4-2/h3,5,7,18,20H,1,4,6,8-17,19,21-27H2,2H3/b7-5-,20-18-. The molecule has 0 atom stereocenters. The van der Waals surface area contributed by atoms with Crippen molar-refractivity contribution in [2.24, 2.45) is 0 Å². The summed E-state index contributed by atoms with van der Waals surface area (Å²) in [7, 11) is 0. The molecule has 0 aromatic heterocycles. The first-order chi connectivity index (χ1) is 13.4. The Hall–Kier alpha value is -0.780. The largest absolute Gasteiger partial charge is 0.0991 e. The van der Waals surface area contributed by atoms with E-state index < -0.39 is 0 Å². The molecule has 0 radical (unpaired) electrons. The van der Waals surface area contributed by atoms with Gasteiger partial charge in [0.15, 0.2) is 0 Å². The monoisotopic (exact) mass is 374 g/mol. The fraction of sp³-hybridized carbons (Fsp3) is 0.778. The first kappa shape index (κ1) is 26.2. The van der Waals surface area contributed by atoms with Crippen LogP contribution in [-0.4, -0.2) is 0 Å². The fourth-order valence-corrected chi connectivity index (χ4v) is 3.59. The molecule has 0 N–H and O–H groups in total. The molecule has 0 fully saturated rings. The van der Waals surface area contributed by atoms with E-state index in [1.54, 1.807) is 0 Å². The predicted octanol–water partition coefficient (Wildman–Crippen LogP) is 10.1. The SMILES string of the molecule is C=C/C=C\CCCCCCCCCCCCC/C=C\CCCCCCCC. The first-order valence-electron chi connectivity index (χ1n) is 12.3. The summed E-state index contributed by atoms with van der Waals surface area (Å²) in [6, 6.07) is 0. The average Bonchev–Trinajstić information content (AvgIpc) is 2.68. The van der Waals surface area contributed by atoms with Crippen LogP contribution < -0.4 is 0 Å². The second kappa shape index (κ2) is 25.2. The molecule has 0 bridgehead atoms. The van der Waals surface area contributed by atoms with Gasteiger partial charge >= 0.3 is 0 Å². The van der Waals surface area contributed by atoms with Gasteiger partial charge in [-0.3, -0.25) is 0 Å². The number of hydrogen-bond acceptors (Lipinski definition) is 0. The molecular weight excluding hydrogens is 324 g/mol. The van der Waals surface area contributed by atoms with Gasteiger partial charge in [0.25, 0.3) is 0 Å². The van der Waals surface area contributed by atoms with Gasteiger partial charge in [-0.05, 0) is 38.5 Å². The van der Waals surface area contributed by atoms with Crippen molar-refractivity contribution in [2.45, 2.75) is 135 Å². The third kappa shape index (κ3) is 25.2. The van der Waals surface area contributed by atoms with Crippen LogP contribution in [0.1, 0.15) is 135 Å². The zero-order valence-corrected chi connectivity index (χ0v) is 18.7. The smallest absolute Gasteiger partial charge is 0.0348 e. The van der Waals surface area contributed by atoms with E-state index in [-0.39, 0.29) is 0 Å². The molecule has 0 spiro atoms. The molecule has 158 valence electrons. The van der Waals surface area contributed by atoms with Gasteiger partial charge in [-0.25, -0.2) is 0 Å². The molecule has 0 aromatic carbocycles. The lowest BCUT2D eigenvalue weighted by Crippen LogP contribution is -1.82. The topological polar surface area (TPSA) is 0 Å². The van der Waals surface area contributed by atoms with E-state index in [9.17, 15) is 0 Å². The van der Waals surface area contributed by atoms with Crippen molar-refractivity contribution in [3.8, 4) is 0 Å². The Balaban J connectivity index is 3.07. The summed E-state index contributed by atoms with van der Waals surface area (Å²) in [4.78, 5) is 0. The molecule has 0 aliphatic rings. The molecule has 0 saturated carbocycles. The summed E-state index contributed by atoms with van der Waals surface area (Å²) < 4.78 is 0. The van der Waals surface area contributed by atoms with Gasteiger partial charge in [0.1, 0.15) is 0 Å². The fourth-order valence-electron chi connectivity index (χ4n) is 3.59. The minimum atomic E-state index is 1.22. The van der Waals surface area contributed by atoms with Crippen LogP contribution in [0.3, 0.4) is 0 Å². The van der Waals surface area contributed by atoms with E-state index in [0.717, 1.165) is 0 Å². The summed E-state index contributed by atoms with van der Waals surface area (Å²) in [5.41, 5.74) is 0. The van der Waals surface area contributed by atoms with Gasteiger partial charge < -0.3 is 0 Å². The van der Waals surface area contributed by atoms with Crippen molar-refractivity contribution in [1.82, 2.24) is 0 Å². The van der Waals surface area contributed by atoms with E-state index in [1.165, 1.54) is 128 Å². The normalized spacial score (nSPS) is 11.7. The average molecular weight is 375 g/mol. The molecular formula is C27H50. The first-order valence-corrected chi connectivity index (χ1v) is 12.3. The van der Waals surface area contributed by atoms with Crippen LogP contribution in [0.15, 0.2) is 37.0 Å². The number of hydrogen-bond donors (Lipinski definition) is 0. The summed E-state index contributed by atoms with van der Waals surface area (Å²) in [5, 5.41) is 0. The highest BCUT2D eigenvalue weighted by Crippen LogP contribution is 2.13. The van der Waals surface area contributed by atoms with Crippen LogP contribution in [0.2, 0.25) is 0 Å². The Morgan fingerprint density at radius 1 is 0.444 bits per heavy atom. The molecule has 0 aliphatic heterocycles. The molecule has 0 saturated heterocycles. The summed E-state index contributed by atoms with van der Waals surface area (Å²) >= 11 is 0. The van der Waals surface area contributed by atoms with Crippen molar-refractivity contribution in [3.63, 3.8) is 0 Å². The van der Waals surface area contributed by atoms with Gasteiger partial charge in [-0.15, -0.1) is 0 Å². The Morgan fingerprint density at radius 2 is 0.778 bits per heavy atom. The molecule has 0 aromatic rings. The van der Waals surface area contributed by atoms with Crippen molar-refractivity contribution >= 4 is 0 Å². The Morgan fingerprint density at radius 3 is 1.15 bits per heavy atom. The highest BCUT2D eigenvalue weighted by Gasteiger charge is 1.93. The second-order valence-electron chi connectivity index (χ2n) is 8.16. The number of rotatable bonds is 22. The minimum Gasteiger partial charge on any atom is -0.0991 e. The van der Waals surface area contributed by atoms with Gasteiger partial charge in [0.05, 0.1) is 0 Å². The maximum absolute atomic E-state index is 3.70. The van der Waals surface area contributed by atoms with Crippen LogP contribution in [0.25, 0.3) is 0 Å². The molecule has 0 amide bonds. The highest BCUT2D eigenvalue weighted by atomic mass is 14.0. The van der Waals surface area contributed by atoms with Crippen molar-refractivity contribution in [3.05, 3.63) is 37.0 Å². The second-order valence-corrected chi connectivity index (χ2v) is 8.16. The molecule has 0 heterocycles. The summed E-state index contributed by atoms with van der Waals surface area (Å²) in [5.74, 6) is 0. The van der Waals surface area contributed by atoms with E-state index in [0.29, 0.717) is 0 Å². The molecule has 0 heteroatoms. The van der Waals surface area contributed by atoms with E-state index in [4.69, 9.17) is 0 Å². The quantitative estimate of drug-likeness (QED) is 0.100. The predicted molar refractivity (Wildman–Crippen MR) is 126 cm³/mol. The Labute approximate surface area is 172 Å². The van der Waals surface area contributed by atoms with E-state index in [1.807, 2.05) is 6.08 Å². The zero-order valence-electron chi connectivity index (χ0n) is 18.7. The molecule has 0 unspecified atom stereocenters. The van der Waals surface area contributed by atoms with Crippen LogP contribution >= 0.6 is 0 Å². The minimum absolute atomic E-state index is 1.22. The van der Waals surface area contributed by atoms with Gasteiger partial charge in [0.2, 0.25) is 0 Å². The molecule has 0 nitrogen and oxygen atoms in total. The molecule has 0 aliphatic carbocycles. The maximum atomic E-state index is 3.70. The lowest BCUT2D eigenvalue weighted by molar-refractivity contribution is 0.547. The summed E-state index contributed by atoms with van der Waals surface area (Å²) in [6.07, 6.45) is 39.0. The summed E-state index contributed by atoms with van der Waals surface area (Å²) in [6.45, 7) is 5.99. The van der Waals surface area contributed by atoms with Crippen molar-refractivity contribution < 1.29 is 0 Å². The maximum Gasteiger partial charge on any atom is -0.0348 e. The molecule has 27 heavy (non-hydrogen) atoms. The van der Waals surface area contributed by atoms with Crippen LogP contribution in [0.4, 0.5) is 0 Å². The number of unbranched alkanes of at least 4 members (excludes halogenated alkanes) is 18. The molecule has 0 rings (SSSR count). The lowest BCUT2D eigenvalue weighted by atomic mass is 10.0. The van der Waals surface area contributed by atoms with Crippen LogP contribution in [0.5, 0.6) is 0 Å². The lowest BCUT2D eigenvalue weighted by Gasteiger charge is -2.02. The van der Waals surface area contributed by atoms with Gasteiger partial charge in [0, 0.05) is 0 Å².